The fourth-order valence-corrected chi connectivity index (χ4v) is 0.919. The summed E-state index contributed by atoms with van der Waals surface area (Å²) in [4.78, 5) is 13.9. The fraction of sp³-hybridized carbons (Fsp3) is 0.875. The van der Waals surface area contributed by atoms with Gasteiger partial charge in [0.25, 0.3) is 0 Å². The maximum Gasteiger partial charge on any atom is 0.342 e. The van der Waals surface area contributed by atoms with Gasteiger partial charge in [0.1, 0.15) is 0 Å². The number of hydrogen-bond acceptors (Lipinski definition) is 3. The van der Waals surface area contributed by atoms with Gasteiger partial charge in [0.15, 0.2) is 0 Å². The Hall–Kier alpha value is 0.144. The molecule has 4 heteroatoms. The van der Waals surface area contributed by atoms with Gasteiger partial charge in [-0.25, -0.2) is 4.79 Å². The van der Waals surface area contributed by atoms with E-state index in [9.17, 15) is 4.79 Å². The molecule has 0 saturated heterocycles. The molecule has 70 valence electrons. The molecule has 3 nitrogen and oxygen atoms in total. The molecule has 0 aromatic rings. The van der Waals surface area contributed by atoms with Crippen LogP contribution in [-0.2, 0) is 31.4 Å². The van der Waals surface area contributed by atoms with Crippen molar-refractivity contribution in [3.63, 3.8) is 0 Å². The number of rotatable bonds is 6. The molecule has 0 unspecified atom stereocenters. The third-order valence-electron chi connectivity index (χ3n) is 1.59. The number of carbonyl (C=O) groups is 1. The van der Waals surface area contributed by atoms with Crippen LogP contribution in [0.5, 0.6) is 0 Å². The molecule has 0 rings (SSSR count). The first-order valence-corrected chi connectivity index (χ1v) is 4.15. The van der Waals surface area contributed by atoms with Crippen LogP contribution in [0, 0.1) is 0 Å². The van der Waals surface area contributed by atoms with Gasteiger partial charge in [-0.15, -0.1) is 0 Å². The van der Waals surface area contributed by atoms with E-state index in [4.69, 9.17) is 5.26 Å². The van der Waals surface area contributed by atoms with Gasteiger partial charge in [-0.1, -0.05) is 32.6 Å². The van der Waals surface area contributed by atoms with Crippen molar-refractivity contribution in [2.45, 2.75) is 45.4 Å². The molecule has 0 fully saturated rings. The third kappa shape index (κ3) is 10.1. The summed E-state index contributed by atoms with van der Waals surface area (Å²) in [5, 5.41) is 7.89. The van der Waals surface area contributed by atoms with Crippen molar-refractivity contribution in [3.05, 3.63) is 0 Å². The predicted octanol–water partition coefficient (Wildman–Crippen LogP) is 2.36. The van der Waals surface area contributed by atoms with Gasteiger partial charge in [0.2, 0.25) is 0 Å². The van der Waals surface area contributed by atoms with E-state index in [1.165, 1.54) is 12.8 Å². The molecule has 0 aliphatic heterocycles. The first kappa shape index (κ1) is 14.7. The van der Waals surface area contributed by atoms with Crippen LogP contribution in [0.4, 0.5) is 0 Å². The number of unbranched alkanes of at least 4 members (excludes halogenated alkanes) is 4. The van der Waals surface area contributed by atoms with Gasteiger partial charge in [-0.05, 0) is 6.42 Å². The number of hydrogen-bond donors (Lipinski definition) is 1. The average Bonchev–Trinajstić information content (AvgIpc) is 2.04. The van der Waals surface area contributed by atoms with Crippen LogP contribution in [0.15, 0.2) is 0 Å². The second kappa shape index (κ2) is 11.1. The Kier molecular flexibility index (Phi) is 13.6. The monoisotopic (exact) mass is 208 g/mol. The van der Waals surface area contributed by atoms with E-state index >= 15 is 0 Å². The van der Waals surface area contributed by atoms with Crippen LogP contribution >= 0.6 is 0 Å². The Labute approximate surface area is 88.3 Å². The summed E-state index contributed by atoms with van der Waals surface area (Å²) < 4.78 is 0. The molecule has 0 radical (unpaired) electrons. The number of carbonyl (C=O) groups excluding carboxylic acids is 1. The molecular formula is C8H16O3Ti. The molecule has 0 aromatic heterocycles. The first-order valence-electron chi connectivity index (χ1n) is 4.15. The Morgan fingerprint density at radius 1 is 1.25 bits per heavy atom. The molecule has 0 bridgehead atoms. The van der Waals surface area contributed by atoms with Gasteiger partial charge in [-0.3, -0.25) is 0 Å². The van der Waals surface area contributed by atoms with Crippen molar-refractivity contribution in [2.24, 2.45) is 0 Å². The SMILES string of the molecule is CCCCCCCC(=O)OO.[Ti]. The van der Waals surface area contributed by atoms with Crippen molar-refractivity contribution in [1.82, 2.24) is 0 Å². The maximum absolute atomic E-state index is 10.4. The van der Waals surface area contributed by atoms with Crippen molar-refractivity contribution in [1.29, 1.82) is 0 Å². The smallest absolute Gasteiger partial charge is 0.301 e. The summed E-state index contributed by atoms with van der Waals surface area (Å²) >= 11 is 0. The molecule has 0 heterocycles. The van der Waals surface area contributed by atoms with E-state index in [1.54, 1.807) is 0 Å². The average molecular weight is 208 g/mol. The summed E-state index contributed by atoms with van der Waals surface area (Å²) in [6.07, 6.45) is 5.77. The van der Waals surface area contributed by atoms with Crippen molar-refractivity contribution in [2.75, 3.05) is 0 Å². The summed E-state index contributed by atoms with van der Waals surface area (Å²) in [7, 11) is 0. The van der Waals surface area contributed by atoms with E-state index in [2.05, 4.69) is 11.8 Å². The molecule has 0 aliphatic rings. The summed E-state index contributed by atoms with van der Waals surface area (Å²) in [5.41, 5.74) is 0. The van der Waals surface area contributed by atoms with Crippen molar-refractivity contribution < 1.29 is 36.7 Å². The van der Waals surface area contributed by atoms with E-state index in [-0.39, 0.29) is 21.7 Å². The molecule has 1 N–H and O–H groups in total. The second-order valence-corrected chi connectivity index (χ2v) is 2.63. The zero-order valence-electron chi connectivity index (χ0n) is 7.51. The van der Waals surface area contributed by atoms with E-state index in [0.717, 1.165) is 19.3 Å². The molecule has 0 amide bonds. The molecule has 12 heavy (non-hydrogen) atoms. The summed E-state index contributed by atoms with van der Waals surface area (Å²) in [6.45, 7) is 2.14. The van der Waals surface area contributed by atoms with Crippen LogP contribution in [0.3, 0.4) is 0 Å². The van der Waals surface area contributed by atoms with Crippen LogP contribution in [0.25, 0.3) is 0 Å². The molecule has 0 spiro atoms. The van der Waals surface area contributed by atoms with Crippen LogP contribution < -0.4 is 0 Å². The topological polar surface area (TPSA) is 46.5 Å². The van der Waals surface area contributed by atoms with Gasteiger partial charge in [0.05, 0.1) is 0 Å². The second-order valence-electron chi connectivity index (χ2n) is 2.63. The first-order chi connectivity index (χ1) is 5.31. The van der Waals surface area contributed by atoms with Gasteiger partial charge >= 0.3 is 5.97 Å². The summed E-state index contributed by atoms with van der Waals surface area (Å²) in [5.74, 6) is -0.526. The molecule has 0 atom stereocenters. The zero-order valence-corrected chi connectivity index (χ0v) is 9.07. The minimum Gasteiger partial charge on any atom is -0.301 e. The summed E-state index contributed by atoms with van der Waals surface area (Å²) in [6, 6.07) is 0. The predicted molar refractivity (Wildman–Crippen MR) is 42.1 cm³/mol. The zero-order chi connectivity index (χ0) is 8.53. The van der Waals surface area contributed by atoms with E-state index in [0.29, 0.717) is 6.42 Å². The molecule has 0 saturated carbocycles. The quantitative estimate of drug-likeness (QED) is 0.315. The maximum atomic E-state index is 10.4. The molecule has 0 aliphatic carbocycles. The largest absolute Gasteiger partial charge is 0.342 e. The van der Waals surface area contributed by atoms with Gasteiger partial charge in [0, 0.05) is 28.1 Å². The fourth-order valence-electron chi connectivity index (χ4n) is 0.919. The standard InChI is InChI=1S/C8H16O3.Ti/c1-2-3-4-5-6-7-8(9)11-10;/h10H,2-7H2,1H3;. The normalized spacial score (nSPS) is 8.83. The molecule has 0 aromatic carbocycles. The van der Waals surface area contributed by atoms with Crippen LogP contribution in [0.2, 0.25) is 0 Å². The van der Waals surface area contributed by atoms with Crippen molar-refractivity contribution in [3.8, 4) is 0 Å². The molecular weight excluding hydrogens is 192 g/mol. The van der Waals surface area contributed by atoms with Gasteiger partial charge < -0.3 is 4.89 Å². The minimum atomic E-state index is -0.526. The van der Waals surface area contributed by atoms with Crippen LogP contribution in [-0.4, -0.2) is 11.2 Å². The van der Waals surface area contributed by atoms with E-state index < -0.39 is 5.97 Å². The Balaban J connectivity index is 0. The third-order valence-corrected chi connectivity index (χ3v) is 1.59. The Morgan fingerprint density at radius 2 is 1.83 bits per heavy atom. The van der Waals surface area contributed by atoms with Gasteiger partial charge in [-0.2, -0.15) is 5.26 Å². The Morgan fingerprint density at radius 3 is 2.33 bits per heavy atom. The van der Waals surface area contributed by atoms with Crippen LogP contribution in [0.1, 0.15) is 45.4 Å². The van der Waals surface area contributed by atoms with E-state index in [1.807, 2.05) is 0 Å². The van der Waals surface area contributed by atoms with Crippen molar-refractivity contribution >= 4 is 5.97 Å². The minimum absolute atomic E-state index is 0. The Bertz CT molecular complexity index is 106.